The van der Waals surface area contributed by atoms with Crippen LogP contribution < -0.4 is 30.5 Å². The maximum absolute atomic E-state index is 13.2. The second kappa shape index (κ2) is 16.1. The van der Waals surface area contributed by atoms with E-state index in [1.165, 1.54) is 5.30 Å². The third kappa shape index (κ3) is 7.97. The number of carbonyl (C=O) groups excluding carboxylic acids is 2. The largest absolute Gasteiger partial charge is 0.494 e. The highest BCUT2D eigenvalue weighted by molar-refractivity contribution is 7.64. The third-order valence-electron chi connectivity index (χ3n) is 10.4. The summed E-state index contributed by atoms with van der Waals surface area (Å²) in [6, 6.07) is 22.5. The second-order valence-electron chi connectivity index (χ2n) is 13.8. The number of para-hydroxylation sites is 1. The van der Waals surface area contributed by atoms with Crippen molar-refractivity contribution in [1.82, 2.24) is 19.8 Å². The van der Waals surface area contributed by atoms with Gasteiger partial charge in [-0.05, 0) is 73.9 Å². The predicted octanol–water partition coefficient (Wildman–Crippen LogP) is 6.05. The number of anilines is 6. The summed E-state index contributed by atoms with van der Waals surface area (Å²) in [6.07, 6.45) is 4.61. The van der Waals surface area contributed by atoms with Crippen molar-refractivity contribution >= 4 is 71.5 Å². The predicted molar refractivity (Wildman–Crippen MR) is 212 cm³/mol. The molecule has 1 aromatic heterocycles. The quantitative estimate of drug-likeness (QED) is 0.139. The van der Waals surface area contributed by atoms with E-state index in [0.717, 1.165) is 94.2 Å². The Morgan fingerprint density at radius 3 is 2.29 bits per heavy atom. The molecule has 0 unspecified atom stereocenters. The lowest BCUT2D eigenvalue weighted by Gasteiger charge is -2.46. The van der Waals surface area contributed by atoms with Crippen molar-refractivity contribution in [2.24, 2.45) is 5.92 Å². The molecule has 7 rings (SSSR count). The Kier molecular flexibility index (Phi) is 11.1. The highest BCUT2D eigenvalue weighted by atomic mass is 35.5. The van der Waals surface area contributed by atoms with Crippen molar-refractivity contribution in [3.63, 3.8) is 0 Å². The lowest BCUT2D eigenvalue weighted by molar-refractivity contribution is -0.138. The standard InChI is InChI=1S/C39H46ClN8O3P/c1-51-35-22-31(12-13-33(35)43-39-41-23-32(40)37(44-39)42-34-6-4-5-7-36(34)52(2)3)45-16-14-30(15-17-45)46-18-20-47(21-19-46)38(50)28-24-48(25-28)29-10-8-27(26-49)9-11-29/h4-13,22-23,26,28,30H,14-21,24-25H2,1-3H3,(H2,41,42,43,44). The maximum Gasteiger partial charge on any atom is 0.229 e. The van der Waals surface area contributed by atoms with Crippen LogP contribution in [0.1, 0.15) is 23.2 Å². The highest BCUT2D eigenvalue weighted by Gasteiger charge is 2.37. The Morgan fingerprint density at radius 1 is 0.885 bits per heavy atom. The molecule has 0 bridgehead atoms. The van der Waals surface area contributed by atoms with Gasteiger partial charge in [-0.2, -0.15) is 4.98 Å². The van der Waals surface area contributed by atoms with Gasteiger partial charge in [-0.15, -0.1) is 0 Å². The van der Waals surface area contributed by atoms with E-state index in [-0.39, 0.29) is 19.7 Å². The molecular formula is C39H46ClN8O3P. The molecule has 4 heterocycles. The normalized spacial score (nSPS) is 17.2. The van der Waals surface area contributed by atoms with Gasteiger partial charge in [0.15, 0.2) is 5.82 Å². The Hall–Kier alpha value is -4.44. The van der Waals surface area contributed by atoms with Crippen LogP contribution in [0.2, 0.25) is 5.02 Å². The number of piperazine rings is 1. The molecular weight excluding hydrogens is 695 g/mol. The average molecular weight is 741 g/mol. The molecule has 2 N–H and O–H groups in total. The molecule has 3 saturated heterocycles. The number of methoxy groups -OCH3 is 1. The molecule has 1 amide bonds. The van der Waals surface area contributed by atoms with Crippen LogP contribution in [0, 0.1) is 5.92 Å². The molecule has 3 aliphatic heterocycles. The van der Waals surface area contributed by atoms with Gasteiger partial charge < -0.3 is 30.1 Å². The molecule has 52 heavy (non-hydrogen) atoms. The number of aromatic nitrogens is 2. The minimum Gasteiger partial charge on any atom is -0.494 e. The summed E-state index contributed by atoms with van der Waals surface area (Å²) in [5.74, 6) is 2.00. The summed E-state index contributed by atoms with van der Waals surface area (Å²) < 4.78 is 5.81. The molecule has 0 radical (unpaired) electrons. The third-order valence-corrected chi connectivity index (χ3v) is 12.0. The van der Waals surface area contributed by atoms with Crippen molar-refractivity contribution in [3.8, 4) is 5.75 Å². The summed E-state index contributed by atoms with van der Waals surface area (Å²) in [7, 11) is 1.37. The Bertz CT molecular complexity index is 1870. The first kappa shape index (κ1) is 35.9. The lowest BCUT2D eigenvalue weighted by Crippen LogP contribution is -2.59. The maximum atomic E-state index is 13.2. The van der Waals surface area contributed by atoms with Crippen molar-refractivity contribution < 1.29 is 14.3 Å². The van der Waals surface area contributed by atoms with Gasteiger partial charge in [0.1, 0.15) is 17.1 Å². The molecule has 3 aromatic carbocycles. The number of halogens is 1. The number of nitrogens with one attached hydrogen (secondary N) is 2. The molecule has 272 valence electrons. The topological polar surface area (TPSA) is 106 Å². The molecule has 13 heteroatoms. The first-order valence-electron chi connectivity index (χ1n) is 17.9. The number of carbonyl (C=O) groups is 2. The minimum atomic E-state index is -0.312. The fourth-order valence-corrected chi connectivity index (χ4v) is 8.51. The number of rotatable bonds is 11. The van der Waals surface area contributed by atoms with Crippen LogP contribution in [-0.2, 0) is 4.79 Å². The van der Waals surface area contributed by atoms with Gasteiger partial charge in [-0.1, -0.05) is 37.7 Å². The van der Waals surface area contributed by atoms with Crippen LogP contribution in [-0.4, -0.2) is 111 Å². The van der Waals surface area contributed by atoms with E-state index in [9.17, 15) is 9.59 Å². The van der Waals surface area contributed by atoms with Crippen LogP contribution in [0.4, 0.5) is 34.5 Å². The number of benzene rings is 3. The molecule has 0 saturated carbocycles. The van der Waals surface area contributed by atoms with Crippen molar-refractivity contribution in [1.29, 1.82) is 0 Å². The van der Waals surface area contributed by atoms with Crippen molar-refractivity contribution in [2.45, 2.75) is 18.9 Å². The SMILES string of the molecule is COc1cc(N2CCC(N3CCN(C(=O)C4CN(c5ccc(C=O)cc5)C4)CC3)CC2)ccc1Nc1ncc(Cl)c(Nc2ccccc2P(C)C)n1. The number of amides is 1. The van der Waals surface area contributed by atoms with Crippen LogP contribution in [0.15, 0.2) is 72.9 Å². The zero-order chi connectivity index (χ0) is 36.2. The number of hydrogen-bond acceptors (Lipinski definition) is 10. The monoisotopic (exact) mass is 740 g/mol. The summed E-state index contributed by atoms with van der Waals surface area (Å²) in [6.45, 7) is 11.3. The smallest absolute Gasteiger partial charge is 0.229 e. The molecule has 3 aliphatic rings. The van der Waals surface area contributed by atoms with Gasteiger partial charge in [0.05, 0.1) is 24.9 Å². The van der Waals surface area contributed by atoms with Gasteiger partial charge in [0.25, 0.3) is 0 Å². The number of aldehydes is 1. The van der Waals surface area contributed by atoms with Crippen molar-refractivity contribution in [2.75, 3.05) is 93.2 Å². The number of hydrogen-bond donors (Lipinski definition) is 2. The van der Waals surface area contributed by atoms with E-state index in [4.69, 9.17) is 21.3 Å². The minimum absolute atomic E-state index is 0.0469. The number of nitrogens with zero attached hydrogens (tertiary/aromatic N) is 6. The van der Waals surface area contributed by atoms with Gasteiger partial charge in [-0.25, -0.2) is 4.98 Å². The van der Waals surface area contributed by atoms with E-state index in [1.807, 2.05) is 48.5 Å². The van der Waals surface area contributed by atoms with Gasteiger partial charge >= 0.3 is 0 Å². The first-order valence-corrected chi connectivity index (χ1v) is 20.5. The molecule has 0 atom stereocenters. The van der Waals surface area contributed by atoms with E-state index in [0.29, 0.717) is 34.1 Å². The van der Waals surface area contributed by atoms with E-state index in [2.05, 4.69) is 66.7 Å². The van der Waals surface area contributed by atoms with Crippen LogP contribution in [0.25, 0.3) is 0 Å². The van der Waals surface area contributed by atoms with Crippen molar-refractivity contribution in [3.05, 3.63) is 83.5 Å². The highest BCUT2D eigenvalue weighted by Crippen LogP contribution is 2.35. The van der Waals surface area contributed by atoms with E-state index >= 15 is 0 Å². The van der Waals surface area contributed by atoms with Gasteiger partial charge in [0, 0.05) is 87.1 Å². The van der Waals surface area contributed by atoms with Gasteiger partial charge in [-0.3, -0.25) is 14.5 Å². The summed E-state index contributed by atoms with van der Waals surface area (Å²) in [5.41, 5.74) is 4.62. The summed E-state index contributed by atoms with van der Waals surface area (Å²) in [5, 5.41) is 8.42. The number of piperidine rings is 1. The molecule has 11 nitrogen and oxygen atoms in total. The Labute approximate surface area is 312 Å². The average Bonchev–Trinajstić information content (AvgIpc) is 3.16. The van der Waals surface area contributed by atoms with Gasteiger partial charge in [0.2, 0.25) is 11.9 Å². The zero-order valence-corrected chi connectivity index (χ0v) is 31.6. The second-order valence-corrected chi connectivity index (χ2v) is 16.5. The summed E-state index contributed by atoms with van der Waals surface area (Å²) in [4.78, 5) is 42.6. The number of ether oxygens (including phenoxy) is 1. The molecule has 3 fully saturated rings. The first-order chi connectivity index (χ1) is 25.3. The summed E-state index contributed by atoms with van der Waals surface area (Å²) >= 11 is 6.51. The fraction of sp³-hybridized carbons (Fsp3) is 0.385. The fourth-order valence-electron chi connectivity index (χ4n) is 7.38. The Morgan fingerprint density at radius 2 is 1.60 bits per heavy atom. The molecule has 0 spiro atoms. The molecule has 0 aliphatic carbocycles. The van der Waals surface area contributed by atoms with E-state index in [1.54, 1.807) is 13.3 Å². The van der Waals surface area contributed by atoms with E-state index < -0.39 is 0 Å². The van der Waals surface area contributed by atoms with Crippen LogP contribution in [0.5, 0.6) is 5.75 Å². The van der Waals surface area contributed by atoms with Crippen LogP contribution in [0.3, 0.4) is 0 Å². The Balaban J connectivity index is 0.894. The van der Waals surface area contributed by atoms with Crippen LogP contribution >= 0.6 is 19.5 Å². The zero-order valence-electron chi connectivity index (χ0n) is 30.0. The lowest BCUT2D eigenvalue weighted by atomic mass is 9.96. The molecule has 4 aromatic rings.